The van der Waals surface area contributed by atoms with E-state index in [1.165, 1.54) is 6.92 Å². The van der Waals surface area contributed by atoms with Gasteiger partial charge in [0.2, 0.25) is 0 Å². The fraction of sp³-hybridized carbons (Fsp3) is 0.500. The highest BCUT2D eigenvalue weighted by atomic mass is 19.1. The third kappa shape index (κ3) is 3.38. The van der Waals surface area contributed by atoms with Gasteiger partial charge in [0.05, 0.1) is 18.9 Å². The highest BCUT2D eigenvalue weighted by Gasteiger charge is 2.22. The molecule has 17 heavy (non-hydrogen) atoms. The van der Waals surface area contributed by atoms with E-state index in [1.807, 2.05) is 0 Å². The van der Waals surface area contributed by atoms with Crippen LogP contribution < -0.4 is 5.32 Å². The van der Waals surface area contributed by atoms with Crippen molar-refractivity contribution in [1.82, 2.24) is 0 Å². The molecule has 0 spiro atoms. The van der Waals surface area contributed by atoms with Crippen molar-refractivity contribution >= 4 is 5.69 Å². The summed E-state index contributed by atoms with van der Waals surface area (Å²) in [7, 11) is 0. The van der Waals surface area contributed by atoms with Crippen LogP contribution in [-0.2, 0) is 0 Å². The van der Waals surface area contributed by atoms with Crippen molar-refractivity contribution in [2.45, 2.75) is 13.8 Å². The van der Waals surface area contributed by atoms with Gasteiger partial charge in [-0.1, -0.05) is 6.92 Å². The number of anilines is 1. The van der Waals surface area contributed by atoms with E-state index in [-0.39, 0.29) is 31.0 Å². The summed E-state index contributed by atoms with van der Waals surface area (Å²) in [6, 6.07) is 2.17. The Bertz CT molecular complexity index is 392. The summed E-state index contributed by atoms with van der Waals surface area (Å²) >= 11 is 0. The van der Waals surface area contributed by atoms with Crippen molar-refractivity contribution in [3.05, 3.63) is 29.3 Å². The van der Waals surface area contributed by atoms with Gasteiger partial charge < -0.3 is 15.5 Å². The molecule has 0 aliphatic rings. The molecular weight excluding hydrogens is 228 g/mol. The molecule has 3 N–H and O–H groups in total. The molecule has 0 aliphatic heterocycles. The molecule has 96 valence electrons. The van der Waals surface area contributed by atoms with Crippen LogP contribution in [0.4, 0.5) is 14.5 Å². The minimum atomic E-state index is -0.770. The maximum Gasteiger partial charge on any atom is 0.146 e. The zero-order chi connectivity index (χ0) is 13.1. The topological polar surface area (TPSA) is 52.5 Å². The van der Waals surface area contributed by atoms with Gasteiger partial charge >= 0.3 is 0 Å². The van der Waals surface area contributed by atoms with E-state index in [9.17, 15) is 8.78 Å². The summed E-state index contributed by atoms with van der Waals surface area (Å²) in [6.07, 6.45) is 0. The molecule has 0 radical (unpaired) electrons. The number of aryl methyl sites for hydroxylation is 1. The predicted octanol–water partition coefficient (Wildman–Crippen LogP) is 1.68. The van der Waals surface area contributed by atoms with E-state index in [2.05, 4.69) is 5.32 Å². The lowest BCUT2D eigenvalue weighted by Crippen LogP contribution is -2.34. The Labute approximate surface area is 99.1 Å². The van der Waals surface area contributed by atoms with E-state index < -0.39 is 17.0 Å². The summed E-state index contributed by atoms with van der Waals surface area (Å²) in [6.45, 7) is 2.79. The Morgan fingerprint density at radius 3 is 2.29 bits per heavy atom. The third-order valence-electron chi connectivity index (χ3n) is 2.72. The standard InChI is InChI=1S/C12H17F2NO2/c1-8-3-10(14)11(4-9(8)13)15-5-12(2,6-16)7-17/h3-4,15-17H,5-7H2,1-2H3. The molecule has 1 aromatic rings. The van der Waals surface area contributed by atoms with Gasteiger partial charge in [-0.3, -0.25) is 0 Å². The number of rotatable bonds is 5. The molecule has 0 amide bonds. The second-order valence-corrected chi connectivity index (χ2v) is 4.56. The monoisotopic (exact) mass is 245 g/mol. The van der Waals surface area contributed by atoms with Crippen molar-refractivity contribution in [2.75, 3.05) is 25.1 Å². The molecule has 1 rings (SSSR count). The molecule has 0 unspecified atom stereocenters. The maximum absolute atomic E-state index is 13.5. The van der Waals surface area contributed by atoms with Crippen LogP contribution >= 0.6 is 0 Å². The number of halogens is 2. The van der Waals surface area contributed by atoms with Crippen LogP contribution in [0.2, 0.25) is 0 Å². The first-order valence-electron chi connectivity index (χ1n) is 5.33. The van der Waals surface area contributed by atoms with Crippen LogP contribution in [0.1, 0.15) is 12.5 Å². The molecule has 5 heteroatoms. The Hall–Kier alpha value is -1.20. The van der Waals surface area contributed by atoms with Crippen LogP contribution in [0.3, 0.4) is 0 Å². The normalized spacial score (nSPS) is 11.6. The molecule has 0 heterocycles. The predicted molar refractivity (Wildman–Crippen MR) is 61.9 cm³/mol. The molecule has 0 bridgehead atoms. The van der Waals surface area contributed by atoms with Crippen LogP contribution in [0, 0.1) is 24.0 Å². The number of aliphatic hydroxyl groups excluding tert-OH is 2. The van der Waals surface area contributed by atoms with E-state index in [0.29, 0.717) is 0 Å². The lowest BCUT2D eigenvalue weighted by atomic mass is 9.93. The first kappa shape index (κ1) is 13.9. The summed E-state index contributed by atoms with van der Waals surface area (Å²) in [5.41, 5.74) is -0.505. The smallest absolute Gasteiger partial charge is 0.146 e. The molecule has 0 saturated heterocycles. The van der Waals surface area contributed by atoms with Gasteiger partial charge in [-0.2, -0.15) is 0 Å². The van der Waals surface area contributed by atoms with Gasteiger partial charge in [-0.05, 0) is 18.6 Å². The minimum absolute atomic E-state index is 0.0289. The molecule has 0 atom stereocenters. The summed E-state index contributed by atoms with van der Waals surface area (Å²) in [4.78, 5) is 0. The average Bonchev–Trinajstić information content (AvgIpc) is 2.32. The highest BCUT2D eigenvalue weighted by molar-refractivity contribution is 5.47. The number of hydrogen-bond donors (Lipinski definition) is 3. The Balaban J connectivity index is 2.79. The quantitative estimate of drug-likeness (QED) is 0.739. The van der Waals surface area contributed by atoms with E-state index in [1.54, 1.807) is 6.92 Å². The van der Waals surface area contributed by atoms with Crippen molar-refractivity contribution in [3.63, 3.8) is 0 Å². The van der Waals surface area contributed by atoms with Gasteiger partial charge in [0, 0.05) is 18.0 Å². The average molecular weight is 245 g/mol. The van der Waals surface area contributed by atoms with E-state index in [0.717, 1.165) is 12.1 Å². The van der Waals surface area contributed by atoms with Gasteiger partial charge in [-0.25, -0.2) is 8.78 Å². The van der Waals surface area contributed by atoms with Crippen LogP contribution in [-0.4, -0.2) is 30.0 Å². The van der Waals surface area contributed by atoms with Crippen LogP contribution in [0.5, 0.6) is 0 Å². The van der Waals surface area contributed by atoms with Gasteiger partial charge in [0.1, 0.15) is 11.6 Å². The van der Waals surface area contributed by atoms with Crippen LogP contribution in [0.25, 0.3) is 0 Å². The fourth-order valence-corrected chi connectivity index (χ4v) is 1.25. The minimum Gasteiger partial charge on any atom is -0.396 e. The van der Waals surface area contributed by atoms with Gasteiger partial charge in [0.25, 0.3) is 0 Å². The second kappa shape index (κ2) is 5.42. The van der Waals surface area contributed by atoms with E-state index >= 15 is 0 Å². The Morgan fingerprint density at radius 2 is 1.76 bits per heavy atom. The molecule has 0 aliphatic carbocycles. The second-order valence-electron chi connectivity index (χ2n) is 4.56. The zero-order valence-electron chi connectivity index (χ0n) is 9.93. The first-order valence-corrected chi connectivity index (χ1v) is 5.33. The Morgan fingerprint density at radius 1 is 1.18 bits per heavy atom. The number of benzene rings is 1. The highest BCUT2D eigenvalue weighted by Crippen LogP contribution is 2.21. The molecule has 0 saturated carbocycles. The lowest BCUT2D eigenvalue weighted by Gasteiger charge is -2.25. The Kier molecular flexibility index (Phi) is 4.42. The van der Waals surface area contributed by atoms with Crippen molar-refractivity contribution in [1.29, 1.82) is 0 Å². The maximum atomic E-state index is 13.5. The lowest BCUT2D eigenvalue weighted by molar-refractivity contribution is 0.0806. The number of aliphatic hydroxyl groups is 2. The SMILES string of the molecule is Cc1cc(F)c(NCC(C)(CO)CO)cc1F. The van der Waals surface area contributed by atoms with Crippen molar-refractivity contribution in [2.24, 2.45) is 5.41 Å². The van der Waals surface area contributed by atoms with E-state index in [4.69, 9.17) is 10.2 Å². The molecule has 3 nitrogen and oxygen atoms in total. The molecule has 1 aromatic carbocycles. The van der Waals surface area contributed by atoms with Gasteiger partial charge in [-0.15, -0.1) is 0 Å². The summed E-state index contributed by atoms with van der Waals surface area (Å²) < 4.78 is 26.7. The summed E-state index contributed by atoms with van der Waals surface area (Å²) in [5.74, 6) is -1.05. The number of nitrogens with one attached hydrogen (secondary N) is 1. The molecular formula is C12H17F2NO2. The molecule has 0 aromatic heterocycles. The third-order valence-corrected chi connectivity index (χ3v) is 2.72. The van der Waals surface area contributed by atoms with Crippen molar-refractivity contribution < 1.29 is 19.0 Å². The molecule has 0 fully saturated rings. The fourth-order valence-electron chi connectivity index (χ4n) is 1.25. The first-order chi connectivity index (χ1) is 7.91. The summed E-state index contributed by atoms with van der Waals surface area (Å²) in [5, 5.41) is 20.8. The van der Waals surface area contributed by atoms with Gasteiger partial charge in [0.15, 0.2) is 0 Å². The largest absolute Gasteiger partial charge is 0.396 e. The van der Waals surface area contributed by atoms with Crippen molar-refractivity contribution in [3.8, 4) is 0 Å². The van der Waals surface area contributed by atoms with Crippen LogP contribution in [0.15, 0.2) is 12.1 Å². The zero-order valence-corrected chi connectivity index (χ0v) is 9.93. The number of hydrogen-bond acceptors (Lipinski definition) is 3.